The Morgan fingerprint density at radius 3 is 2.83 bits per heavy atom. The Kier molecular flexibility index (Phi) is 3.22. The maximum atomic E-state index is 11.6. The monoisotopic (exact) mass is 277 g/mol. The van der Waals surface area contributed by atoms with E-state index in [1.165, 1.54) is 4.90 Å². The Labute approximate surface area is 105 Å². The number of sulfone groups is 1. The van der Waals surface area contributed by atoms with Crippen LogP contribution in [0, 0.1) is 0 Å². The molecule has 2 saturated heterocycles. The van der Waals surface area contributed by atoms with Crippen molar-refractivity contribution in [2.75, 3.05) is 24.6 Å². The van der Waals surface area contributed by atoms with E-state index in [1.54, 1.807) is 0 Å². The number of carboxylic acid groups (broad SMARTS) is 1. The van der Waals surface area contributed by atoms with E-state index in [4.69, 9.17) is 9.84 Å². The summed E-state index contributed by atoms with van der Waals surface area (Å²) in [6.07, 6.45) is 0.204. The average molecular weight is 277 g/mol. The molecule has 0 aromatic carbocycles. The lowest BCUT2D eigenvalue weighted by atomic mass is 10.00. The number of aliphatic carboxylic acids is 1. The molecule has 18 heavy (non-hydrogen) atoms. The van der Waals surface area contributed by atoms with E-state index in [-0.39, 0.29) is 31.0 Å². The van der Waals surface area contributed by atoms with Crippen LogP contribution in [0.15, 0.2) is 0 Å². The highest BCUT2D eigenvalue weighted by molar-refractivity contribution is 7.91. The van der Waals surface area contributed by atoms with Gasteiger partial charge in [0.25, 0.3) is 0 Å². The molecule has 2 rings (SSSR count). The number of rotatable bonds is 3. The van der Waals surface area contributed by atoms with Crippen molar-refractivity contribution in [2.24, 2.45) is 0 Å². The zero-order valence-corrected chi connectivity index (χ0v) is 10.6. The lowest BCUT2D eigenvalue weighted by molar-refractivity contribution is -0.137. The van der Waals surface area contributed by atoms with E-state index in [0.29, 0.717) is 12.8 Å². The van der Waals surface area contributed by atoms with Crippen LogP contribution in [0.4, 0.5) is 4.79 Å². The zero-order chi connectivity index (χ0) is 13.4. The van der Waals surface area contributed by atoms with Gasteiger partial charge in [0, 0.05) is 6.54 Å². The van der Waals surface area contributed by atoms with E-state index in [0.717, 1.165) is 0 Å². The molecule has 0 aromatic heterocycles. The summed E-state index contributed by atoms with van der Waals surface area (Å²) < 4.78 is 28.4. The van der Waals surface area contributed by atoms with Crippen molar-refractivity contribution < 1.29 is 27.9 Å². The summed E-state index contributed by atoms with van der Waals surface area (Å²) in [7, 11) is -3.17. The van der Waals surface area contributed by atoms with Crippen LogP contribution in [-0.4, -0.2) is 60.7 Å². The molecule has 0 saturated carbocycles. The minimum absolute atomic E-state index is 0.0516. The normalized spacial score (nSPS) is 30.4. The van der Waals surface area contributed by atoms with E-state index in [1.807, 2.05) is 0 Å². The van der Waals surface area contributed by atoms with Gasteiger partial charge in [0.05, 0.1) is 24.5 Å². The fraction of sp³-hybridized carbons (Fsp3) is 0.800. The minimum Gasteiger partial charge on any atom is -0.481 e. The Morgan fingerprint density at radius 2 is 2.22 bits per heavy atom. The van der Waals surface area contributed by atoms with E-state index in [9.17, 15) is 18.0 Å². The third-order valence-corrected chi connectivity index (χ3v) is 5.08. The molecule has 8 heteroatoms. The first-order valence-corrected chi connectivity index (χ1v) is 7.54. The van der Waals surface area contributed by atoms with Gasteiger partial charge in [0.2, 0.25) is 0 Å². The summed E-state index contributed by atoms with van der Waals surface area (Å²) in [5, 5.41) is 8.57. The summed E-state index contributed by atoms with van der Waals surface area (Å²) in [5.41, 5.74) is -0.966. The molecule has 1 amide bonds. The second-order valence-corrected chi connectivity index (χ2v) is 7.00. The van der Waals surface area contributed by atoms with Crippen molar-refractivity contribution in [2.45, 2.75) is 24.9 Å². The van der Waals surface area contributed by atoms with E-state index < -0.39 is 27.5 Å². The molecule has 1 spiro atoms. The van der Waals surface area contributed by atoms with Crippen LogP contribution < -0.4 is 0 Å². The first-order chi connectivity index (χ1) is 8.32. The molecular formula is C10H15NO6S. The standard InChI is InChI=1S/C10H15NO6S/c12-8(13)2-4-11-6-10(17-9(11)14)3-1-5-18(15,16)7-10/h1-7H2,(H,12,13). The topological polar surface area (TPSA) is 101 Å². The number of carbonyl (C=O) groups excluding carboxylic acids is 1. The summed E-state index contributed by atoms with van der Waals surface area (Å²) in [6, 6.07) is 0. The Hall–Kier alpha value is -1.31. The lowest BCUT2D eigenvalue weighted by Gasteiger charge is -2.30. The van der Waals surface area contributed by atoms with Crippen LogP contribution >= 0.6 is 0 Å². The van der Waals surface area contributed by atoms with Gasteiger partial charge in [-0.1, -0.05) is 0 Å². The van der Waals surface area contributed by atoms with Crippen LogP contribution in [0.3, 0.4) is 0 Å². The predicted octanol–water partition coefficient (Wildman–Crippen LogP) is -0.139. The summed E-state index contributed by atoms with van der Waals surface area (Å²) in [5.74, 6) is -1.03. The lowest BCUT2D eigenvalue weighted by Crippen LogP contribution is -2.45. The van der Waals surface area contributed by atoms with Gasteiger partial charge < -0.3 is 14.7 Å². The SMILES string of the molecule is O=C(O)CCN1CC2(CCCS(=O)(=O)C2)OC1=O. The highest BCUT2D eigenvalue weighted by Crippen LogP contribution is 2.33. The maximum Gasteiger partial charge on any atom is 0.410 e. The summed E-state index contributed by atoms with van der Waals surface area (Å²) in [4.78, 5) is 23.3. The molecule has 2 fully saturated rings. The first kappa shape index (κ1) is 13.1. The number of amides is 1. The summed E-state index contributed by atoms with van der Waals surface area (Å²) in [6.45, 7) is 0.217. The van der Waals surface area contributed by atoms with Crippen molar-refractivity contribution in [1.82, 2.24) is 4.90 Å². The number of carboxylic acids is 1. The van der Waals surface area contributed by atoms with Crippen molar-refractivity contribution in [3.8, 4) is 0 Å². The third-order valence-electron chi connectivity index (χ3n) is 3.21. The van der Waals surface area contributed by atoms with Gasteiger partial charge in [-0.05, 0) is 12.8 Å². The van der Waals surface area contributed by atoms with Crippen molar-refractivity contribution in [3.63, 3.8) is 0 Å². The molecule has 2 heterocycles. The fourth-order valence-electron chi connectivity index (χ4n) is 2.46. The number of hydrogen-bond donors (Lipinski definition) is 1. The fourth-order valence-corrected chi connectivity index (χ4v) is 4.28. The molecule has 0 aromatic rings. The number of nitrogens with zero attached hydrogens (tertiary/aromatic N) is 1. The highest BCUT2D eigenvalue weighted by atomic mass is 32.2. The molecule has 102 valence electrons. The molecule has 0 bridgehead atoms. The Morgan fingerprint density at radius 1 is 1.50 bits per heavy atom. The molecule has 2 aliphatic heterocycles. The van der Waals surface area contributed by atoms with Crippen molar-refractivity contribution >= 4 is 21.9 Å². The largest absolute Gasteiger partial charge is 0.481 e. The molecule has 1 atom stereocenters. The van der Waals surface area contributed by atoms with Crippen LogP contribution in [0.2, 0.25) is 0 Å². The van der Waals surface area contributed by atoms with Crippen LogP contribution in [0.25, 0.3) is 0 Å². The quantitative estimate of drug-likeness (QED) is 0.770. The van der Waals surface area contributed by atoms with Crippen LogP contribution in [-0.2, 0) is 19.4 Å². The zero-order valence-electron chi connectivity index (χ0n) is 9.79. The number of carbonyl (C=O) groups is 2. The smallest absolute Gasteiger partial charge is 0.410 e. The molecule has 1 unspecified atom stereocenters. The van der Waals surface area contributed by atoms with Gasteiger partial charge in [-0.15, -0.1) is 0 Å². The second-order valence-electron chi connectivity index (χ2n) is 4.81. The van der Waals surface area contributed by atoms with E-state index in [2.05, 4.69) is 0 Å². The number of ether oxygens (including phenoxy) is 1. The molecule has 0 radical (unpaired) electrons. The van der Waals surface area contributed by atoms with Gasteiger partial charge in [-0.3, -0.25) is 4.79 Å². The second kappa shape index (κ2) is 4.42. The van der Waals surface area contributed by atoms with E-state index >= 15 is 0 Å². The maximum absolute atomic E-state index is 11.6. The minimum atomic E-state index is -3.17. The average Bonchev–Trinajstić information content (AvgIpc) is 2.50. The van der Waals surface area contributed by atoms with Crippen molar-refractivity contribution in [3.05, 3.63) is 0 Å². The Balaban J connectivity index is 2.05. The molecule has 0 aliphatic carbocycles. The Bertz CT molecular complexity index is 473. The predicted molar refractivity (Wildman–Crippen MR) is 60.9 cm³/mol. The first-order valence-electron chi connectivity index (χ1n) is 5.72. The van der Waals surface area contributed by atoms with Crippen LogP contribution in [0.1, 0.15) is 19.3 Å². The number of hydrogen-bond acceptors (Lipinski definition) is 5. The van der Waals surface area contributed by atoms with Gasteiger partial charge >= 0.3 is 12.1 Å². The van der Waals surface area contributed by atoms with Gasteiger partial charge in [0.1, 0.15) is 5.60 Å². The molecule has 7 nitrogen and oxygen atoms in total. The van der Waals surface area contributed by atoms with Gasteiger partial charge in [0.15, 0.2) is 9.84 Å². The third kappa shape index (κ3) is 2.74. The van der Waals surface area contributed by atoms with Gasteiger partial charge in [-0.25, -0.2) is 13.2 Å². The summed E-state index contributed by atoms with van der Waals surface area (Å²) >= 11 is 0. The van der Waals surface area contributed by atoms with Crippen molar-refractivity contribution in [1.29, 1.82) is 0 Å². The molecule has 1 N–H and O–H groups in total. The molecule has 2 aliphatic rings. The van der Waals surface area contributed by atoms with Gasteiger partial charge in [-0.2, -0.15) is 0 Å². The van der Waals surface area contributed by atoms with Crippen LogP contribution in [0.5, 0.6) is 0 Å². The highest BCUT2D eigenvalue weighted by Gasteiger charge is 2.49. The molecular weight excluding hydrogens is 262 g/mol.